The van der Waals surface area contributed by atoms with E-state index in [1.165, 1.54) is 6.20 Å². The van der Waals surface area contributed by atoms with Crippen LogP contribution in [-0.2, 0) is 11.2 Å². The van der Waals surface area contributed by atoms with Gasteiger partial charge in [0, 0.05) is 30.5 Å². The number of nitrogens with zero attached hydrogens (tertiary/aromatic N) is 3. The molecule has 2 aromatic rings. The van der Waals surface area contributed by atoms with Crippen molar-refractivity contribution in [3.05, 3.63) is 47.9 Å². The maximum Gasteiger partial charge on any atom is 0.271 e. The Morgan fingerprint density at radius 3 is 2.68 bits per heavy atom. The fourth-order valence-electron chi connectivity index (χ4n) is 3.55. The molecular weight excluding hydrogens is 394 g/mol. The summed E-state index contributed by atoms with van der Waals surface area (Å²) in [7, 11) is 1.76. The second kappa shape index (κ2) is 9.03. The van der Waals surface area contributed by atoms with E-state index < -0.39 is 5.91 Å². The topological polar surface area (TPSA) is 139 Å². The molecule has 1 aliphatic heterocycles. The van der Waals surface area contributed by atoms with Crippen molar-refractivity contribution in [2.24, 2.45) is 17.4 Å². The molecule has 0 saturated heterocycles. The predicted molar refractivity (Wildman–Crippen MR) is 122 cm³/mol. The number of aryl methyl sites for hydroxylation is 1. The molecule has 0 aliphatic carbocycles. The van der Waals surface area contributed by atoms with Gasteiger partial charge in [-0.3, -0.25) is 9.59 Å². The third-order valence-electron chi connectivity index (χ3n) is 5.17. The Morgan fingerprint density at radius 2 is 2.03 bits per heavy atom. The summed E-state index contributed by atoms with van der Waals surface area (Å²) in [6.07, 6.45) is 3.34. The van der Waals surface area contributed by atoms with Gasteiger partial charge in [0.25, 0.3) is 5.91 Å². The maximum absolute atomic E-state index is 11.9. The Balaban J connectivity index is 1.89. The number of carbonyl (C=O) groups excluding carboxylic acids is 2. The molecule has 1 aromatic heterocycles. The minimum Gasteiger partial charge on any atom is -0.401 e. The molecule has 164 valence electrons. The van der Waals surface area contributed by atoms with Gasteiger partial charge in [0.1, 0.15) is 5.82 Å². The Kier molecular flexibility index (Phi) is 6.43. The number of fused-ring (bicyclic) bond motifs is 1. The highest BCUT2D eigenvalue weighted by Crippen LogP contribution is 2.30. The monoisotopic (exact) mass is 423 g/mol. The number of hydrogen-bond donors (Lipinski definition) is 4. The molecule has 0 spiro atoms. The highest BCUT2D eigenvalue weighted by atomic mass is 16.2. The lowest BCUT2D eigenvalue weighted by molar-refractivity contribution is -0.118. The minimum absolute atomic E-state index is 0.0301. The molecule has 0 unspecified atom stereocenters. The van der Waals surface area contributed by atoms with E-state index in [4.69, 9.17) is 11.5 Å². The number of hydrogen-bond acceptors (Lipinski definition) is 7. The molecule has 1 aliphatic rings. The first-order chi connectivity index (χ1) is 14.7. The van der Waals surface area contributed by atoms with Crippen LogP contribution in [-0.4, -0.2) is 34.9 Å². The zero-order valence-corrected chi connectivity index (χ0v) is 18.1. The number of aromatic nitrogens is 2. The van der Waals surface area contributed by atoms with E-state index in [1.54, 1.807) is 11.9 Å². The van der Waals surface area contributed by atoms with Crippen molar-refractivity contribution in [1.82, 2.24) is 9.97 Å². The maximum atomic E-state index is 11.9. The summed E-state index contributed by atoms with van der Waals surface area (Å²) in [5.74, 6) is 0.489. The van der Waals surface area contributed by atoms with Crippen LogP contribution in [0.1, 0.15) is 42.7 Å². The van der Waals surface area contributed by atoms with Gasteiger partial charge in [-0.2, -0.15) is 0 Å². The standard InChI is InChI=1S/C22H29N7O2/c1-12(2)9-16(13(3)23)27-18-11-25-20(21(24)31)22(28-18)26-15-6-7-17-14(10-15)5-8-19(30)29(17)4/h6-7,10-12,16H,3,5,8-9,23H2,1-2,4H3,(H2,24,31)(H2,26,27,28)/t16-/m1/s1. The van der Waals surface area contributed by atoms with Gasteiger partial charge in [-0.15, -0.1) is 0 Å². The number of amides is 2. The molecule has 9 heteroatoms. The van der Waals surface area contributed by atoms with Gasteiger partial charge in [0.15, 0.2) is 11.5 Å². The van der Waals surface area contributed by atoms with Crippen LogP contribution < -0.4 is 27.0 Å². The molecule has 0 radical (unpaired) electrons. The Labute approximate surface area is 181 Å². The van der Waals surface area contributed by atoms with Gasteiger partial charge < -0.3 is 27.0 Å². The highest BCUT2D eigenvalue weighted by Gasteiger charge is 2.22. The van der Waals surface area contributed by atoms with Gasteiger partial charge in [0.05, 0.1) is 12.2 Å². The number of nitrogens with two attached hydrogens (primary N) is 2. The van der Waals surface area contributed by atoms with Gasteiger partial charge in [-0.25, -0.2) is 9.97 Å². The first kappa shape index (κ1) is 22.1. The van der Waals surface area contributed by atoms with Crippen molar-refractivity contribution < 1.29 is 9.59 Å². The van der Waals surface area contributed by atoms with Crippen molar-refractivity contribution in [3.63, 3.8) is 0 Å². The molecule has 0 bridgehead atoms. The molecule has 0 saturated carbocycles. The van der Waals surface area contributed by atoms with Gasteiger partial charge in [0.2, 0.25) is 5.91 Å². The summed E-state index contributed by atoms with van der Waals surface area (Å²) in [5, 5.41) is 6.37. The normalized spacial score (nSPS) is 14.2. The Morgan fingerprint density at radius 1 is 1.29 bits per heavy atom. The van der Waals surface area contributed by atoms with Crippen molar-refractivity contribution in [1.29, 1.82) is 0 Å². The fourth-order valence-corrected chi connectivity index (χ4v) is 3.55. The Hall–Kier alpha value is -3.62. The van der Waals surface area contributed by atoms with Gasteiger partial charge >= 0.3 is 0 Å². The number of carbonyl (C=O) groups is 2. The smallest absolute Gasteiger partial charge is 0.271 e. The zero-order chi connectivity index (χ0) is 22.7. The van der Waals surface area contributed by atoms with Crippen LogP contribution in [0, 0.1) is 5.92 Å². The Bertz CT molecular complexity index is 1020. The predicted octanol–water partition coefficient (Wildman–Crippen LogP) is 2.53. The number of primary amides is 1. The number of rotatable bonds is 8. The van der Waals surface area contributed by atoms with Crippen LogP contribution in [0.25, 0.3) is 0 Å². The molecule has 2 amide bonds. The van der Waals surface area contributed by atoms with E-state index in [-0.39, 0.29) is 23.5 Å². The molecule has 1 aromatic carbocycles. The lowest BCUT2D eigenvalue weighted by atomic mass is 10.0. The zero-order valence-electron chi connectivity index (χ0n) is 18.1. The van der Waals surface area contributed by atoms with Crippen LogP contribution >= 0.6 is 0 Å². The molecule has 2 heterocycles. The quantitative estimate of drug-likeness (QED) is 0.511. The number of benzene rings is 1. The lowest BCUT2D eigenvalue weighted by Gasteiger charge is -2.26. The second-order valence-corrected chi connectivity index (χ2v) is 8.14. The van der Waals surface area contributed by atoms with Crippen LogP contribution in [0.4, 0.5) is 23.0 Å². The largest absolute Gasteiger partial charge is 0.401 e. The third kappa shape index (κ3) is 5.11. The number of nitrogens with one attached hydrogen (secondary N) is 2. The molecule has 31 heavy (non-hydrogen) atoms. The van der Waals surface area contributed by atoms with Crippen LogP contribution in [0.2, 0.25) is 0 Å². The SMILES string of the molecule is C=C(N)[C@@H](CC(C)C)Nc1cnc(C(N)=O)c(Nc2ccc3c(c2)CCC(=O)N3C)n1. The van der Waals surface area contributed by atoms with Gasteiger partial charge in [-0.05, 0) is 42.5 Å². The van der Waals surface area contributed by atoms with Crippen molar-refractivity contribution in [3.8, 4) is 0 Å². The van der Waals surface area contributed by atoms with Crippen molar-refractivity contribution in [2.75, 3.05) is 22.6 Å². The molecule has 1 atom stereocenters. The molecule has 3 rings (SSSR count). The molecular formula is C22H29N7O2. The van der Waals surface area contributed by atoms with E-state index >= 15 is 0 Å². The average molecular weight is 424 g/mol. The van der Waals surface area contributed by atoms with Gasteiger partial charge in [-0.1, -0.05) is 20.4 Å². The van der Waals surface area contributed by atoms with Crippen LogP contribution in [0.15, 0.2) is 36.7 Å². The highest BCUT2D eigenvalue weighted by molar-refractivity contribution is 5.97. The van der Waals surface area contributed by atoms with E-state index in [2.05, 4.69) is 41.0 Å². The number of anilines is 4. The van der Waals surface area contributed by atoms with E-state index in [9.17, 15) is 9.59 Å². The molecule has 0 fully saturated rings. The average Bonchev–Trinajstić information content (AvgIpc) is 2.70. The van der Waals surface area contributed by atoms with E-state index in [0.717, 1.165) is 23.4 Å². The van der Waals surface area contributed by atoms with Crippen molar-refractivity contribution >= 4 is 34.8 Å². The summed E-state index contributed by atoms with van der Waals surface area (Å²) in [4.78, 5) is 34.2. The van der Waals surface area contributed by atoms with Crippen LogP contribution in [0.5, 0.6) is 0 Å². The summed E-state index contributed by atoms with van der Waals surface area (Å²) < 4.78 is 0. The first-order valence-electron chi connectivity index (χ1n) is 10.2. The summed E-state index contributed by atoms with van der Waals surface area (Å²) >= 11 is 0. The third-order valence-corrected chi connectivity index (χ3v) is 5.17. The summed E-state index contributed by atoms with van der Waals surface area (Å²) in [5.41, 5.74) is 14.6. The van der Waals surface area contributed by atoms with E-state index in [0.29, 0.717) is 30.3 Å². The first-order valence-corrected chi connectivity index (χ1v) is 10.2. The second-order valence-electron chi connectivity index (χ2n) is 8.14. The van der Waals surface area contributed by atoms with Crippen molar-refractivity contribution in [2.45, 2.75) is 39.2 Å². The molecule has 9 nitrogen and oxygen atoms in total. The van der Waals surface area contributed by atoms with E-state index in [1.807, 2.05) is 18.2 Å². The summed E-state index contributed by atoms with van der Waals surface area (Å²) in [6, 6.07) is 5.45. The lowest BCUT2D eigenvalue weighted by Crippen LogP contribution is -2.31. The van der Waals surface area contributed by atoms with Crippen LogP contribution in [0.3, 0.4) is 0 Å². The summed E-state index contributed by atoms with van der Waals surface area (Å²) in [6.45, 7) is 8.02. The fraction of sp³-hybridized carbons (Fsp3) is 0.364. The molecule has 6 N–H and O–H groups in total. The minimum atomic E-state index is -0.688.